The predicted octanol–water partition coefficient (Wildman–Crippen LogP) is 5.03. The van der Waals surface area contributed by atoms with Crippen molar-refractivity contribution in [2.75, 3.05) is 5.32 Å². The average Bonchev–Trinajstić information content (AvgIpc) is 2.78. The molecule has 2 aromatic carbocycles. The third kappa shape index (κ3) is 2.38. The number of fused-ring (bicyclic) bond motifs is 1. The summed E-state index contributed by atoms with van der Waals surface area (Å²) < 4.78 is 27.4. The van der Waals surface area contributed by atoms with Gasteiger partial charge in [-0.3, -0.25) is 0 Å². The predicted molar refractivity (Wildman–Crippen MR) is 77.2 cm³/mol. The number of anilines is 1. The van der Waals surface area contributed by atoms with Crippen LogP contribution in [0.1, 0.15) is 29.2 Å². The standard InChI is InChI=1S/C16H14ClF2N/c1-9-6-14(19)16(8-13(9)18)20-15-5-2-10-7-11(17)3-4-12(10)15/h3-4,6-8,15,20H,2,5H2,1H3. The highest BCUT2D eigenvalue weighted by molar-refractivity contribution is 6.30. The highest BCUT2D eigenvalue weighted by Gasteiger charge is 2.23. The molecule has 0 amide bonds. The molecule has 0 bridgehead atoms. The van der Waals surface area contributed by atoms with E-state index < -0.39 is 11.6 Å². The zero-order valence-corrected chi connectivity index (χ0v) is 11.8. The van der Waals surface area contributed by atoms with Crippen molar-refractivity contribution in [1.82, 2.24) is 0 Å². The normalized spacial score (nSPS) is 17.1. The lowest BCUT2D eigenvalue weighted by molar-refractivity contribution is 0.591. The van der Waals surface area contributed by atoms with Crippen molar-refractivity contribution in [3.8, 4) is 0 Å². The molecule has 1 N–H and O–H groups in total. The topological polar surface area (TPSA) is 12.0 Å². The molecule has 3 rings (SSSR count). The van der Waals surface area contributed by atoms with Gasteiger partial charge in [-0.15, -0.1) is 0 Å². The maximum atomic E-state index is 13.9. The van der Waals surface area contributed by atoms with Crippen LogP contribution >= 0.6 is 11.6 Å². The van der Waals surface area contributed by atoms with Gasteiger partial charge in [0.25, 0.3) is 0 Å². The second kappa shape index (κ2) is 5.06. The molecule has 1 nitrogen and oxygen atoms in total. The Kier molecular flexibility index (Phi) is 3.38. The van der Waals surface area contributed by atoms with Crippen molar-refractivity contribution in [1.29, 1.82) is 0 Å². The van der Waals surface area contributed by atoms with Gasteiger partial charge in [-0.25, -0.2) is 8.78 Å². The lowest BCUT2D eigenvalue weighted by atomic mass is 10.1. The molecule has 2 aromatic rings. The lowest BCUT2D eigenvalue weighted by Crippen LogP contribution is -2.09. The van der Waals surface area contributed by atoms with E-state index in [9.17, 15) is 8.78 Å². The highest BCUT2D eigenvalue weighted by Crippen LogP contribution is 2.36. The summed E-state index contributed by atoms with van der Waals surface area (Å²) in [5.41, 5.74) is 2.80. The van der Waals surface area contributed by atoms with E-state index in [1.165, 1.54) is 17.7 Å². The molecule has 0 aliphatic heterocycles. The van der Waals surface area contributed by atoms with E-state index in [0.717, 1.165) is 18.4 Å². The highest BCUT2D eigenvalue weighted by atomic mass is 35.5. The minimum Gasteiger partial charge on any atom is -0.376 e. The van der Waals surface area contributed by atoms with Gasteiger partial charge in [0.1, 0.15) is 11.6 Å². The molecular formula is C16H14ClF2N. The fraction of sp³-hybridized carbons (Fsp3) is 0.250. The van der Waals surface area contributed by atoms with Crippen LogP contribution < -0.4 is 5.32 Å². The molecule has 20 heavy (non-hydrogen) atoms. The van der Waals surface area contributed by atoms with Gasteiger partial charge in [-0.05, 0) is 54.7 Å². The largest absolute Gasteiger partial charge is 0.376 e. The van der Waals surface area contributed by atoms with E-state index in [-0.39, 0.29) is 11.7 Å². The summed E-state index contributed by atoms with van der Waals surface area (Å²) >= 11 is 5.96. The van der Waals surface area contributed by atoms with E-state index in [1.54, 1.807) is 6.92 Å². The molecule has 1 atom stereocenters. The Labute approximate surface area is 121 Å². The van der Waals surface area contributed by atoms with E-state index >= 15 is 0 Å². The Morgan fingerprint density at radius 1 is 1.15 bits per heavy atom. The molecule has 0 fully saturated rings. The summed E-state index contributed by atoms with van der Waals surface area (Å²) in [4.78, 5) is 0. The number of nitrogens with one attached hydrogen (secondary N) is 1. The van der Waals surface area contributed by atoms with Crippen molar-refractivity contribution < 1.29 is 8.78 Å². The van der Waals surface area contributed by atoms with Crippen molar-refractivity contribution in [3.63, 3.8) is 0 Å². The van der Waals surface area contributed by atoms with Crippen molar-refractivity contribution in [2.24, 2.45) is 0 Å². The van der Waals surface area contributed by atoms with Crippen LogP contribution in [0.25, 0.3) is 0 Å². The zero-order valence-electron chi connectivity index (χ0n) is 11.0. The minimum absolute atomic E-state index is 0.00104. The molecule has 0 heterocycles. The summed E-state index contributed by atoms with van der Waals surface area (Å²) in [6.07, 6.45) is 1.74. The van der Waals surface area contributed by atoms with Gasteiger partial charge in [0.05, 0.1) is 11.7 Å². The molecule has 104 valence electrons. The molecule has 0 aromatic heterocycles. The summed E-state index contributed by atoms with van der Waals surface area (Å²) in [5, 5.41) is 3.80. The van der Waals surface area contributed by atoms with E-state index in [1.807, 2.05) is 18.2 Å². The first kappa shape index (κ1) is 13.4. The minimum atomic E-state index is -0.425. The van der Waals surface area contributed by atoms with Gasteiger partial charge in [-0.2, -0.15) is 0 Å². The van der Waals surface area contributed by atoms with Gasteiger partial charge in [0, 0.05) is 11.1 Å². The SMILES string of the molecule is Cc1cc(F)c(NC2CCc3cc(Cl)ccc32)cc1F. The van der Waals surface area contributed by atoms with E-state index in [0.29, 0.717) is 10.6 Å². The summed E-state index contributed by atoms with van der Waals surface area (Å²) in [5.74, 6) is -0.824. The number of benzene rings is 2. The van der Waals surface area contributed by atoms with Crippen LogP contribution in [0.5, 0.6) is 0 Å². The molecule has 1 aliphatic rings. The lowest BCUT2D eigenvalue weighted by Gasteiger charge is -2.16. The first-order chi connectivity index (χ1) is 9.54. The van der Waals surface area contributed by atoms with Gasteiger partial charge < -0.3 is 5.32 Å². The Hall–Kier alpha value is -1.61. The second-order valence-corrected chi connectivity index (χ2v) is 5.60. The Bertz CT molecular complexity index is 670. The maximum absolute atomic E-state index is 13.9. The Morgan fingerprint density at radius 2 is 1.95 bits per heavy atom. The number of rotatable bonds is 2. The summed E-state index contributed by atoms with van der Waals surface area (Å²) in [7, 11) is 0. The molecule has 1 aliphatic carbocycles. The van der Waals surface area contributed by atoms with E-state index in [4.69, 9.17) is 11.6 Å². The average molecular weight is 294 g/mol. The molecular weight excluding hydrogens is 280 g/mol. The fourth-order valence-corrected chi connectivity index (χ4v) is 2.88. The maximum Gasteiger partial charge on any atom is 0.146 e. The number of hydrogen-bond acceptors (Lipinski definition) is 1. The van der Waals surface area contributed by atoms with Gasteiger partial charge in [0.2, 0.25) is 0 Å². The van der Waals surface area contributed by atoms with Gasteiger partial charge in [0.15, 0.2) is 0 Å². The Morgan fingerprint density at radius 3 is 2.75 bits per heavy atom. The van der Waals surface area contributed by atoms with Crippen molar-refractivity contribution in [3.05, 3.63) is 63.7 Å². The summed E-state index contributed by atoms with van der Waals surface area (Å²) in [6.45, 7) is 1.55. The second-order valence-electron chi connectivity index (χ2n) is 5.16. The number of hydrogen-bond donors (Lipinski definition) is 1. The van der Waals surface area contributed by atoms with Crippen LogP contribution in [0.3, 0.4) is 0 Å². The fourth-order valence-electron chi connectivity index (χ4n) is 2.68. The first-order valence-corrected chi connectivity index (χ1v) is 6.93. The quantitative estimate of drug-likeness (QED) is 0.819. The van der Waals surface area contributed by atoms with Crippen LogP contribution in [-0.2, 0) is 6.42 Å². The third-order valence-corrected chi connectivity index (χ3v) is 4.00. The van der Waals surface area contributed by atoms with Crippen LogP contribution in [0.2, 0.25) is 5.02 Å². The molecule has 0 radical (unpaired) electrons. The molecule has 0 saturated heterocycles. The number of aryl methyl sites for hydroxylation is 2. The van der Waals surface area contributed by atoms with Crippen molar-refractivity contribution >= 4 is 17.3 Å². The van der Waals surface area contributed by atoms with Crippen LogP contribution in [0, 0.1) is 18.6 Å². The molecule has 0 saturated carbocycles. The molecule has 0 spiro atoms. The summed E-state index contributed by atoms with van der Waals surface area (Å²) in [6, 6.07) is 8.15. The zero-order chi connectivity index (χ0) is 14.3. The molecule has 4 heteroatoms. The van der Waals surface area contributed by atoms with Gasteiger partial charge in [-0.1, -0.05) is 17.7 Å². The monoisotopic (exact) mass is 293 g/mol. The smallest absolute Gasteiger partial charge is 0.146 e. The van der Waals surface area contributed by atoms with Crippen molar-refractivity contribution in [2.45, 2.75) is 25.8 Å². The van der Waals surface area contributed by atoms with Gasteiger partial charge >= 0.3 is 0 Å². The Balaban J connectivity index is 1.89. The van der Waals surface area contributed by atoms with Crippen LogP contribution in [0.4, 0.5) is 14.5 Å². The molecule has 1 unspecified atom stereocenters. The third-order valence-electron chi connectivity index (χ3n) is 3.76. The van der Waals surface area contributed by atoms with E-state index in [2.05, 4.69) is 5.32 Å². The van der Waals surface area contributed by atoms with Crippen LogP contribution in [0.15, 0.2) is 30.3 Å². The first-order valence-electron chi connectivity index (χ1n) is 6.55. The van der Waals surface area contributed by atoms with Crippen LogP contribution in [-0.4, -0.2) is 0 Å². The number of halogens is 3.